The number of hydrogen-bond donors (Lipinski definition) is 1. The second kappa shape index (κ2) is 9.90. The molecule has 1 aromatic carbocycles. The van der Waals surface area contributed by atoms with Gasteiger partial charge in [-0.1, -0.05) is 43.5 Å². The van der Waals surface area contributed by atoms with Crippen molar-refractivity contribution in [1.29, 1.82) is 0 Å². The highest BCUT2D eigenvalue weighted by atomic mass is 35.5. The van der Waals surface area contributed by atoms with E-state index >= 15 is 0 Å². The lowest BCUT2D eigenvalue weighted by Crippen LogP contribution is -2.45. The van der Waals surface area contributed by atoms with Crippen LogP contribution in [-0.2, 0) is 11.3 Å². The molecule has 2 fully saturated rings. The van der Waals surface area contributed by atoms with Crippen molar-refractivity contribution in [3.63, 3.8) is 0 Å². The normalized spacial score (nSPS) is 22.6. The van der Waals surface area contributed by atoms with Crippen LogP contribution >= 0.6 is 11.6 Å². The first-order valence-corrected chi connectivity index (χ1v) is 13.3. The Morgan fingerprint density at radius 2 is 1.97 bits per heavy atom. The molecule has 2 aliphatic rings. The molecule has 0 radical (unpaired) electrons. The summed E-state index contributed by atoms with van der Waals surface area (Å²) in [4.78, 5) is 28.6. The second-order valence-electron chi connectivity index (χ2n) is 10.3. The van der Waals surface area contributed by atoms with Crippen LogP contribution in [0.4, 0.5) is 5.95 Å². The van der Waals surface area contributed by atoms with Crippen LogP contribution in [0.2, 0.25) is 5.02 Å². The zero-order valence-electron chi connectivity index (χ0n) is 21.0. The summed E-state index contributed by atoms with van der Waals surface area (Å²) in [5.74, 6) is 1.72. The summed E-state index contributed by atoms with van der Waals surface area (Å²) in [6.07, 6.45) is 4.84. The van der Waals surface area contributed by atoms with Gasteiger partial charge in [-0.3, -0.25) is 0 Å². The molecule has 194 valence electrons. The Hall–Kier alpha value is -3.24. The number of hydrogen-bond acceptors (Lipinski definition) is 8. The first-order valence-electron chi connectivity index (χ1n) is 12.9. The molecule has 1 aliphatic carbocycles. The van der Waals surface area contributed by atoms with Gasteiger partial charge in [0.1, 0.15) is 11.2 Å². The minimum Gasteiger partial charge on any atom is -0.384 e. The molecule has 11 heteroatoms. The van der Waals surface area contributed by atoms with E-state index in [1.807, 2.05) is 24.3 Å². The van der Waals surface area contributed by atoms with Crippen molar-refractivity contribution in [2.75, 3.05) is 24.7 Å². The predicted molar refractivity (Wildman–Crippen MR) is 141 cm³/mol. The SMILES string of the molecule is CC1CCC(Cn2c(N3CCOCC3C)nc3nc(-c4n[nH]c(=O)o4)nc(-c4cccc(Cl)c4)c32)CC1. The molecule has 4 aromatic rings. The zero-order chi connectivity index (χ0) is 25.5. The maximum Gasteiger partial charge on any atom is 0.434 e. The van der Waals surface area contributed by atoms with Gasteiger partial charge < -0.3 is 18.6 Å². The number of ether oxygens (including phenoxy) is 1. The predicted octanol–water partition coefficient (Wildman–Crippen LogP) is 4.54. The Bertz CT molecular complexity index is 1470. The Kier molecular flexibility index (Phi) is 6.46. The Morgan fingerprint density at radius 1 is 1.14 bits per heavy atom. The number of aromatic nitrogens is 6. The van der Waals surface area contributed by atoms with Gasteiger partial charge in [-0.2, -0.15) is 4.98 Å². The molecule has 1 aliphatic heterocycles. The van der Waals surface area contributed by atoms with Crippen molar-refractivity contribution in [2.45, 2.75) is 52.1 Å². The summed E-state index contributed by atoms with van der Waals surface area (Å²) in [7, 11) is 0. The fourth-order valence-corrected chi connectivity index (χ4v) is 5.66. The van der Waals surface area contributed by atoms with Crippen molar-refractivity contribution in [3.8, 4) is 23.0 Å². The summed E-state index contributed by atoms with van der Waals surface area (Å²) in [5.41, 5.74) is 2.88. The van der Waals surface area contributed by atoms with Crippen molar-refractivity contribution >= 4 is 28.7 Å². The maximum absolute atomic E-state index is 11.7. The quantitative estimate of drug-likeness (QED) is 0.405. The van der Waals surface area contributed by atoms with Gasteiger partial charge in [-0.25, -0.2) is 19.9 Å². The molecule has 3 aromatic heterocycles. The van der Waals surface area contributed by atoms with Crippen molar-refractivity contribution in [2.24, 2.45) is 11.8 Å². The summed E-state index contributed by atoms with van der Waals surface area (Å²) in [6.45, 7) is 7.34. The molecular weight excluding hydrogens is 494 g/mol. The number of halogens is 1. The van der Waals surface area contributed by atoms with Gasteiger partial charge in [-0.15, -0.1) is 5.10 Å². The average molecular weight is 524 g/mol. The zero-order valence-corrected chi connectivity index (χ0v) is 21.7. The van der Waals surface area contributed by atoms with Crippen molar-refractivity contribution in [1.82, 2.24) is 29.7 Å². The second-order valence-corrected chi connectivity index (χ2v) is 10.7. The Morgan fingerprint density at radius 3 is 2.70 bits per heavy atom. The van der Waals surface area contributed by atoms with E-state index in [0.717, 1.165) is 36.0 Å². The molecule has 0 amide bonds. The number of fused-ring (bicyclic) bond motifs is 1. The van der Waals surface area contributed by atoms with Crippen molar-refractivity contribution < 1.29 is 9.15 Å². The van der Waals surface area contributed by atoms with Crippen LogP contribution in [0.3, 0.4) is 0 Å². The highest BCUT2D eigenvalue weighted by Gasteiger charge is 2.30. The highest BCUT2D eigenvalue weighted by Crippen LogP contribution is 2.37. The number of benzene rings is 1. The summed E-state index contributed by atoms with van der Waals surface area (Å²) >= 11 is 6.40. The molecule has 1 N–H and O–H groups in total. The first-order chi connectivity index (χ1) is 18.0. The van der Waals surface area contributed by atoms with Crippen LogP contribution < -0.4 is 10.7 Å². The molecule has 0 bridgehead atoms. The Labute approximate surface area is 219 Å². The number of nitrogens with zero attached hydrogens (tertiary/aromatic N) is 6. The third-order valence-corrected chi connectivity index (χ3v) is 7.75. The smallest absolute Gasteiger partial charge is 0.384 e. The van der Waals surface area contributed by atoms with Gasteiger partial charge in [0.05, 0.1) is 19.3 Å². The third-order valence-electron chi connectivity index (χ3n) is 7.51. The molecule has 0 spiro atoms. The lowest BCUT2D eigenvalue weighted by molar-refractivity contribution is 0.0976. The molecule has 1 atom stereocenters. The van der Waals surface area contributed by atoms with Gasteiger partial charge in [0.25, 0.3) is 5.89 Å². The molecule has 1 saturated carbocycles. The van der Waals surface area contributed by atoms with E-state index in [1.165, 1.54) is 25.7 Å². The van der Waals surface area contributed by atoms with Crippen LogP contribution in [0.5, 0.6) is 0 Å². The number of H-pyrrole nitrogens is 1. The van der Waals surface area contributed by atoms with Crippen LogP contribution in [0, 0.1) is 11.8 Å². The Balaban J connectivity index is 1.58. The minimum atomic E-state index is -0.664. The molecule has 6 rings (SSSR count). The summed E-state index contributed by atoms with van der Waals surface area (Å²) in [5, 5.41) is 6.86. The van der Waals surface area contributed by atoms with Crippen LogP contribution in [0.15, 0.2) is 33.5 Å². The van der Waals surface area contributed by atoms with Crippen molar-refractivity contribution in [3.05, 3.63) is 39.8 Å². The fourth-order valence-electron chi connectivity index (χ4n) is 5.47. The summed E-state index contributed by atoms with van der Waals surface area (Å²) in [6, 6.07) is 7.74. The van der Waals surface area contributed by atoms with Gasteiger partial charge >= 0.3 is 5.76 Å². The molecule has 37 heavy (non-hydrogen) atoms. The van der Waals surface area contributed by atoms with E-state index in [2.05, 4.69) is 33.5 Å². The number of nitrogens with one attached hydrogen (secondary N) is 1. The first kappa shape index (κ1) is 24.1. The molecule has 4 heterocycles. The monoisotopic (exact) mass is 523 g/mol. The maximum atomic E-state index is 11.7. The third kappa shape index (κ3) is 4.75. The van der Waals surface area contributed by atoms with Crippen LogP contribution in [0.1, 0.15) is 39.5 Å². The van der Waals surface area contributed by atoms with E-state index in [1.54, 1.807) is 0 Å². The largest absolute Gasteiger partial charge is 0.434 e. The van der Waals surface area contributed by atoms with Gasteiger partial charge in [0, 0.05) is 23.7 Å². The lowest BCUT2D eigenvalue weighted by Gasteiger charge is -2.35. The molecule has 1 unspecified atom stereocenters. The molecule has 10 nitrogen and oxygen atoms in total. The summed E-state index contributed by atoms with van der Waals surface area (Å²) < 4.78 is 13.2. The van der Waals surface area contributed by atoms with Crippen LogP contribution in [0.25, 0.3) is 34.1 Å². The number of imidazole rings is 1. The van der Waals surface area contributed by atoms with Crippen LogP contribution in [-0.4, -0.2) is 55.5 Å². The highest BCUT2D eigenvalue weighted by molar-refractivity contribution is 6.30. The minimum absolute atomic E-state index is 0.0206. The van der Waals surface area contributed by atoms with Gasteiger partial charge in [-0.05, 0) is 43.7 Å². The fraction of sp³-hybridized carbons (Fsp3) is 0.500. The van der Waals surface area contributed by atoms with E-state index in [4.69, 9.17) is 35.7 Å². The molecule has 1 saturated heterocycles. The number of anilines is 1. The van der Waals surface area contributed by atoms with E-state index in [-0.39, 0.29) is 17.8 Å². The van der Waals surface area contributed by atoms with E-state index < -0.39 is 5.76 Å². The van der Waals surface area contributed by atoms with E-state index in [0.29, 0.717) is 35.5 Å². The van der Waals surface area contributed by atoms with Gasteiger partial charge in [0.15, 0.2) is 5.65 Å². The van der Waals surface area contributed by atoms with Gasteiger partial charge in [0.2, 0.25) is 11.8 Å². The average Bonchev–Trinajstić information content (AvgIpc) is 3.49. The number of rotatable bonds is 5. The number of morpholine rings is 1. The molecular formula is C26H30ClN7O3. The topological polar surface area (TPSA) is 115 Å². The van der Waals surface area contributed by atoms with E-state index in [9.17, 15) is 4.79 Å². The standard InChI is InChI=1S/C26H30ClN7O3/c1-15-6-8-17(9-7-15)13-34-21-20(18-4-3-5-19(27)12-18)28-23(24-31-32-26(35)37-24)29-22(21)30-25(34)33-10-11-36-14-16(33)2/h3-5,12,15-17H,6-11,13-14H2,1-2H3,(H,32,35). The number of aromatic amines is 1. The lowest BCUT2D eigenvalue weighted by atomic mass is 9.83.